The van der Waals surface area contributed by atoms with E-state index < -0.39 is 0 Å². The Morgan fingerprint density at radius 2 is 2.09 bits per heavy atom. The average molecular weight is 296 g/mol. The van der Waals surface area contributed by atoms with Gasteiger partial charge < -0.3 is 5.32 Å². The van der Waals surface area contributed by atoms with Crippen LogP contribution < -0.4 is 5.32 Å². The monoisotopic (exact) mass is 296 g/mol. The Hall–Kier alpha value is -2.96. The molecule has 112 valence electrons. The molecule has 0 spiro atoms. The van der Waals surface area contributed by atoms with Crippen LogP contribution in [0.25, 0.3) is 11.3 Å². The average Bonchev–Trinajstić information content (AvgIpc) is 3.18. The molecule has 2 N–H and O–H groups in total. The van der Waals surface area contributed by atoms with Gasteiger partial charge in [-0.2, -0.15) is 20.5 Å². The molecule has 0 radical (unpaired) electrons. The van der Waals surface area contributed by atoms with E-state index >= 15 is 0 Å². The summed E-state index contributed by atoms with van der Waals surface area (Å²) in [5.41, 5.74) is 1.68. The van der Waals surface area contributed by atoms with Crippen LogP contribution >= 0.6 is 0 Å². The second kappa shape index (κ2) is 6.21. The molecule has 1 atom stereocenters. The van der Waals surface area contributed by atoms with Gasteiger partial charge in [-0.15, -0.1) is 0 Å². The van der Waals surface area contributed by atoms with Crippen molar-refractivity contribution in [3.63, 3.8) is 0 Å². The van der Waals surface area contributed by atoms with Gasteiger partial charge in [0, 0.05) is 24.0 Å². The van der Waals surface area contributed by atoms with Crippen LogP contribution in [-0.2, 0) is 6.54 Å². The van der Waals surface area contributed by atoms with Gasteiger partial charge in [-0.05, 0) is 13.0 Å². The van der Waals surface area contributed by atoms with Crippen molar-refractivity contribution in [3.05, 3.63) is 54.5 Å². The number of nitrogens with zero attached hydrogens (tertiary/aromatic N) is 4. The summed E-state index contributed by atoms with van der Waals surface area (Å²) in [6.07, 6.45) is 3.56. The molecule has 2 aromatic heterocycles. The molecule has 0 bridgehead atoms. The highest BCUT2D eigenvalue weighted by atomic mass is 16.2. The fraction of sp³-hybridized carbons (Fsp3) is 0.200. The third-order valence-electron chi connectivity index (χ3n) is 3.21. The minimum atomic E-state index is -0.257. The number of rotatable bonds is 5. The van der Waals surface area contributed by atoms with Crippen molar-refractivity contribution in [3.8, 4) is 11.3 Å². The van der Waals surface area contributed by atoms with Crippen molar-refractivity contribution in [1.82, 2.24) is 30.5 Å². The molecule has 0 aliphatic carbocycles. The standard InChI is InChI=1S/C15H16N6O/c1-11(10-21-9-5-8-16-21)17-15(22)14-13(18-20-19-14)12-6-3-2-4-7-12/h2-9,11H,10H2,1H3,(H,17,22)(H,18,19,20)/t11-/m1/s1. The highest BCUT2D eigenvalue weighted by Gasteiger charge is 2.19. The minimum Gasteiger partial charge on any atom is -0.346 e. The van der Waals surface area contributed by atoms with Crippen LogP contribution in [0.4, 0.5) is 0 Å². The first-order valence-corrected chi connectivity index (χ1v) is 6.98. The molecule has 0 unspecified atom stereocenters. The highest BCUT2D eigenvalue weighted by Crippen LogP contribution is 2.18. The van der Waals surface area contributed by atoms with Gasteiger partial charge in [-0.3, -0.25) is 9.48 Å². The molecular formula is C15H16N6O. The fourth-order valence-corrected chi connectivity index (χ4v) is 2.21. The minimum absolute atomic E-state index is 0.0762. The smallest absolute Gasteiger partial charge is 0.274 e. The molecule has 3 aromatic rings. The number of H-pyrrole nitrogens is 1. The number of benzene rings is 1. The van der Waals surface area contributed by atoms with E-state index in [-0.39, 0.29) is 11.9 Å². The second-order valence-corrected chi connectivity index (χ2v) is 4.99. The van der Waals surface area contributed by atoms with E-state index in [9.17, 15) is 4.79 Å². The van der Waals surface area contributed by atoms with E-state index in [0.29, 0.717) is 17.9 Å². The van der Waals surface area contributed by atoms with Gasteiger partial charge >= 0.3 is 0 Å². The normalized spacial score (nSPS) is 12.0. The van der Waals surface area contributed by atoms with Crippen molar-refractivity contribution >= 4 is 5.91 Å². The first-order valence-electron chi connectivity index (χ1n) is 6.98. The van der Waals surface area contributed by atoms with Crippen molar-refractivity contribution in [2.24, 2.45) is 0 Å². The topological polar surface area (TPSA) is 88.5 Å². The van der Waals surface area contributed by atoms with Crippen LogP contribution in [0.5, 0.6) is 0 Å². The molecule has 0 aliphatic rings. The van der Waals surface area contributed by atoms with Crippen molar-refractivity contribution in [1.29, 1.82) is 0 Å². The zero-order valence-electron chi connectivity index (χ0n) is 12.1. The quantitative estimate of drug-likeness (QED) is 0.746. The largest absolute Gasteiger partial charge is 0.346 e. The predicted octanol–water partition coefficient (Wildman–Crippen LogP) is 1.49. The zero-order chi connectivity index (χ0) is 15.4. The summed E-state index contributed by atoms with van der Waals surface area (Å²) in [6.45, 7) is 2.51. The van der Waals surface area contributed by atoms with Gasteiger partial charge in [0.15, 0.2) is 5.69 Å². The number of amides is 1. The lowest BCUT2D eigenvalue weighted by Gasteiger charge is -2.13. The second-order valence-electron chi connectivity index (χ2n) is 4.99. The molecule has 0 fully saturated rings. The maximum Gasteiger partial charge on any atom is 0.274 e. The Morgan fingerprint density at radius 1 is 1.27 bits per heavy atom. The van der Waals surface area contributed by atoms with E-state index in [4.69, 9.17) is 0 Å². The molecule has 0 saturated heterocycles. The third-order valence-corrected chi connectivity index (χ3v) is 3.21. The van der Waals surface area contributed by atoms with E-state index in [0.717, 1.165) is 5.56 Å². The number of hydrogen-bond donors (Lipinski definition) is 2. The van der Waals surface area contributed by atoms with Crippen LogP contribution in [0.2, 0.25) is 0 Å². The van der Waals surface area contributed by atoms with Crippen LogP contribution in [0.1, 0.15) is 17.4 Å². The molecule has 0 saturated carbocycles. The van der Waals surface area contributed by atoms with Gasteiger partial charge in [-0.1, -0.05) is 30.3 Å². The lowest BCUT2D eigenvalue weighted by molar-refractivity contribution is 0.0931. The van der Waals surface area contributed by atoms with E-state index in [1.54, 1.807) is 10.9 Å². The molecule has 3 rings (SSSR count). The molecule has 0 aliphatic heterocycles. The van der Waals surface area contributed by atoms with Gasteiger partial charge in [-0.25, -0.2) is 0 Å². The number of aromatic amines is 1. The molecule has 1 amide bonds. The number of nitrogens with one attached hydrogen (secondary N) is 2. The number of aromatic nitrogens is 5. The number of hydrogen-bond acceptors (Lipinski definition) is 4. The molecule has 2 heterocycles. The van der Waals surface area contributed by atoms with Crippen LogP contribution in [0, 0.1) is 0 Å². The summed E-state index contributed by atoms with van der Waals surface area (Å²) < 4.78 is 1.77. The molecule has 22 heavy (non-hydrogen) atoms. The molecule has 7 nitrogen and oxygen atoms in total. The summed E-state index contributed by atoms with van der Waals surface area (Å²) >= 11 is 0. The molecule has 1 aromatic carbocycles. The lowest BCUT2D eigenvalue weighted by Crippen LogP contribution is -2.36. The maximum absolute atomic E-state index is 12.4. The number of carbonyl (C=O) groups excluding carboxylic acids is 1. The Bertz CT molecular complexity index is 735. The Morgan fingerprint density at radius 3 is 2.82 bits per heavy atom. The predicted molar refractivity (Wildman–Crippen MR) is 81.0 cm³/mol. The lowest BCUT2D eigenvalue weighted by atomic mass is 10.1. The van der Waals surface area contributed by atoms with Gasteiger partial charge in [0.05, 0.1) is 6.54 Å². The third kappa shape index (κ3) is 3.03. The zero-order valence-corrected chi connectivity index (χ0v) is 12.1. The van der Waals surface area contributed by atoms with E-state index in [1.165, 1.54) is 0 Å². The summed E-state index contributed by atoms with van der Waals surface area (Å²) in [7, 11) is 0. The van der Waals surface area contributed by atoms with Crippen LogP contribution in [0.15, 0.2) is 48.8 Å². The van der Waals surface area contributed by atoms with Crippen LogP contribution in [-0.4, -0.2) is 37.1 Å². The Kier molecular flexibility index (Phi) is 3.95. The van der Waals surface area contributed by atoms with Gasteiger partial charge in [0.25, 0.3) is 5.91 Å². The van der Waals surface area contributed by atoms with Gasteiger partial charge in [0.2, 0.25) is 0 Å². The number of carbonyl (C=O) groups is 1. The SMILES string of the molecule is C[C@H](Cn1cccn1)NC(=O)c1n[nH]nc1-c1ccccc1. The van der Waals surface area contributed by atoms with Gasteiger partial charge in [0.1, 0.15) is 5.69 Å². The highest BCUT2D eigenvalue weighted by molar-refractivity contribution is 5.97. The van der Waals surface area contributed by atoms with Crippen molar-refractivity contribution < 1.29 is 4.79 Å². The molecule has 7 heteroatoms. The Balaban J connectivity index is 1.72. The maximum atomic E-state index is 12.4. The van der Waals surface area contributed by atoms with Crippen molar-refractivity contribution in [2.75, 3.05) is 0 Å². The Labute approximate surface area is 127 Å². The summed E-state index contributed by atoms with van der Waals surface area (Å²) in [5, 5.41) is 17.6. The summed E-state index contributed by atoms with van der Waals surface area (Å²) in [6, 6.07) is 11.3. The first kappa shape index (κ1) is 14.0. The van der Waals surface area contributed by atoms with Crippen LogP contribution in [0.3, 0.4) is 0 Å². The van der Waals surface area contributed by atoms with Crippen molar-refractivity contribution in [2.45, 2.75) is 19.5 Å². The first-order chi connectivity index (χ1) is 10.7. The summed E-state index contributed by atoms with van der Waals surface area (Å²) in [5.74, 6) is -0.257. The fourth-order valence-electron chi connectivity index (χ4n) is 2.21. The van der Waals surface area contributed by atoms with E-state index in [2.05, 4.69) is 25.8 Å². The molecular weight excluding hydrogens is 280 g/mol. The van der Waals surface area contributed by atoms with E-state index in [1.807, 2.05) is 49.5 Å². The summed E-state index contributed by atoms with van der Waals surface area (Å²) in [4.78, 5) is 12.4.